The van der Waals surface area contributed by atoms with Gasteiger partial charge >= 0.3 is 0 Å². The van der Waals surface area contributed by atoms with Gasteiger partial charge in [-0.25, -0.2) is 0 Å². The van der Waals surface area contributed by atoms with Crippen molar-refractivity contribution < 1.29 is 9.53 Å². The lowest BCUT2D eigenvalue weighted by molar-refractivity contribution is 0.0977. The van der Waals surface area contributed by atoms with Gasteiger partial charge in [-0.15, -0.1) is 0 Å². The van der Waals surface area contributed by atoms with Crippen LogP contribution in [0.25, 0.3) is 0 Å². The topological polar surface area (TPSA) is 50.4 Å². The number of carbonyl (C=O) groups is 1. The van der Waals surface area contributed by atoms with E-state index in [4.69, 9.17) is 17.0 Å². The summed E-state index contributed by atoms with van der Waals surface area (Å²) in [6.07, 6.45) is 1.86. The lowest BCUT2D eigenvalue weighted by Gasteiger charge is -2.15. The maximum absolute atomic E-state index is 12.6. The Morgan fingerprint density at radius 1 is 1.25 bits per heavy atom. The number of anilines is 1. The van der Waals surface area contributed by atoms with E-state index in [9.17, 15) is 4.79 Å². The second-order valence-corrected chi connectivity index (χ2v) is 8.31. The zero-order chi connectivity index (χ0) is 20.7. The molecule has 1 amide bonds. The summed E-state index contributed by atoms with van der Waals surface area (Å²) >= 11 is 8.82. The highest BCUT2D eigenvalue weighted by atomic mass is 79.9. The number of ether oxygens (including phenoxy) is 1. The molecule has 0 spiro atoms. The fraction of sp³-hybridized carbons (Fsp3) is 0.364. The fourth-order valence-electron chi connectivity index (χ4n) is 2.69. The van der Waals surface area contributed by atoms with Gasteiger partial charge in [0.05, 0.1) is 11.1 Å². The van der Waals surface area contributed by atoms with E-state index in [0.717, 1.165) is 39.9 Å². The molecule has 0 saturated carbocycles. The molecular formula is C22H27BrN2O2S. The third-order valence-corrected chi connectivity index (χ3v) is 5.18. The lowest BCUT2D eigenvalue weighted by atomic mass is 10.1. The van der Waals surface area contributed by atoms with Crippen molar-refractivity contribution in [2.45, 2.75) is 40.5 Å². The SMILES string of the molecule is CCc1cccc(C)c1NC(=S)NC(=O)c1ccc(OCCC(C)C)c(Br)c1. The van der Waals surface area contributed by atoms with Crippen molar-refractivity contribution in [3.05, 3.63) is 57.6 Å². The van der Waals surface area contributed by atoms with Crippen LogP contribution in [0.3, 0.4) is 0 Å². The zero-order valence-corrected chi connectivity index (χ0v) is 19.2. The Morgan fingerprint density at radius 3 is 2.64 bits per heavy atom. The molecule has 2 aromatic carbocycles. The highest BCUT2D eigenvalue weighted by molar-refractivity contribution is 9.10. The Kier molecular flexibility index (Phi) is 8.45. The van der Waals surface area contributed by atoms with Gasteiger partial charge in [-0.05, 0) is 83.2 Å². The summed E-state index contributed by atoms with van der Waals surface area (Å²) < 4.78 is 6.51. The van der Waals surface area contributed by atoms with Crippen molar-refractivity contribution in [2.24, 2.45) is 5.92 Å². The van der Waals surface area contributed by atoms with Crippen LogP contribution in [0.2, 0.25) is 0 Å². The van der Waals surface area contributed by atoms with Crippen LogP contribution in [-0.4, -0.2) is 17.6 Å². The third-order valence-electron chi connectivity index (χ3n) is 4.35. The number of para-hydroxylation sites is 1. The van der Waals surface area contributed by atoms with Crippen LogP contribution in [-0.2, 0) is 6.42 Å². The van der Waals surface area contributed by atoms with Crippen LogP contribution in [0.1, 0.15) is 48.7 Å². The van der Waals surface area contributed by atoms with E-state index < -0.39 is 0 Å². The van der Waals surface area contributed by atoms with Gasteiger partial charge in [0.1, 0.15) is 5.75 Å². The zero-order valence-electron chi connectivity index (χ0n) is 16.8. The molecule has 0 radical (unpaired) electrons. The summed E-state index contributed by atoms with van der Waals surface area (Å²) in [4.78, 5) is 12.6. The first-order chi connectivity index (χ1) is 13.3. The molecule has 6 heteroatoms. The summed E-state index contributed by atoms with van der Waals surface area (Å²) in [5.41, 5.74) is 3.70. The maximum Gasteiger partial charge on any atom is 0.257 e. The number of benzene rings is 2. The first-order valence-corrected chi connectivity index (χ1v) is 10.6. The van der Waals surface area contributed by atoms with Crippen molar-refractivity contribution in [3.63, 3.8) is 0 Å². The second kappa shape index (κ2) is 10.6. The minimum atomic E-state index is -0.265. The second-order valence-electron chi connectivity index (χ2n) is 7.05. The number of aryl methyl sites for hydroxylation is 2. The monoisotopic (exact) mass is 462 g/mol. The number of rotatable bonds is 7. The largest absolute Gasteiger partial charge is 0.492 e. The van der Waals surface area contributed by atoms with Crippen LogP contribution < -0.4 is 15.4 Å². The minimum absolute atomic E-state index is 0.265. The number of hydrogen-bond acceptors (Lipinski definition) is 3. The summed E-state index contributed by atoms with van der Waals surface area (Å²) in [6.45, 7) is 9.06. The first kappa shape index (κ1) is 22.4. The average Bonchev–Trinajstić information content (AvgIpc) is 2.64. The van der Waals surface area contributed by atoms with Crippen molar-refractivity contribution in [3.8, 4) is 5.75 Å². The number of nitrogens with one attached hydrogen (secondary N) is 2. The van der Waals surface area contributed by atoms with Gasteiger partial charge in [-0.1, -0.05) is 39.0 Å². The molecule has 0 aliphatic heterocycles. The van der Waals surface area contributed by atoms with Gasteiger partial charge < -0.3 is 10.1 Å². The number of carbonyl (C=O) groups excluding carboxylic acids is 1. The van der Waals surface area contributed by atoms with Crippen LogP contribution >= 0.6 is 28.1 Å². The molecule has 0 heterocycles. The fourth-order valence-corrected chi connectivity index (χ4v) is 3.37. The van der Waals surface area contributed by atoms with Gasteiger partial charge in [0.25, 0.3) is 5.91 Å². The average molecular weight is 463 g/mol. The first-order valence-electron chi connectivity index (χ1n) is 9.45. The Bertz CT molecular complexity index is 852. The molecule has 28 heavy (non-hydrogen) atoms. The highest BCUT2D eigenvalue weighted by Crippen LogP contribution is 2.26. The van der Waals surface area contributed by atoms with Crippen LogP contribution in [0, 0.1) is 12.8 Å². The summed E-state index contributed by atoms with van der Waals surface area (Å²) in [5, 5.41) is 6.19. The molecular weight excluding hydrogens is 436 g/mol. The Hall–Kier alpha value is -1.92. The number of hydrogen-bond donors (Lipinski definition) is 2. The molecule has 2 rings (SSSR count). The Labute approximate surface area is 181 Å². The molecule has 0 atom stereocenters. The maximum atomic E-state index is 12.6. The normalized spacial score (nSPS) is 10.6. The molecule has 0 unspecified atom stereocenters. The van der Waals surface area contributed by atoms with Crippen molar-refractivity contribution in [2.75, 3.05) is 11.9 Å². The molecule has 0 aromatic heterocycles. The van der Waals surface area contributed by atoms with E-state index >= 15 is 0 Å². The number of halogens is 1. The lowest BCUT2D eigenvalue weighted by Crippen LogP contribution is -2.34. The van der Waals surface area contributed by atoms with E-state index in [1.54, 1.807) is 18.2 Å². The molecule has 2 N–H and O–H groups in total. The minimum Gasteiger partial charge on any atom is -0.492 e. The molecule has 2 aromatic rings. The number of thiocarbonyl (C=S) groups is 1. The van der Waals surface area contributed by atoms with Gasteiger partial charge in [0.2, 0.25) is 0 Å². The van der Waals surface area contributed by atoms with E-state index in [1.165, 1.54) is 0 Å². The summed E-state index contributed by atoms with van der Waals surface area (Å²) in [6, 6.07) is 11.4. The molecule has 0 fully saturated rings. The van der Waals surface area contributed by atoms with Crippen molar-refractivity contribution in [1.29, 1.82) is 0 Å². The Balaban J connectivity index is 2.01. The molecule has 4 nitrogen and oxygen atoms in total. The smallest absolute Gasteiger partial charge is 0.257 e. The highest BCUT2D eigenvalue weighted by Gasteiger charge is 2.13. The van der Waals surface area contributed by atoms with Gasteiger partial charge in [0.15, 0.2) is 5.11 Å². The molecule has 0 saturated heterocycles. The van der Waals surface area contributed by atoms with Crippen molar-refractivity contribution >= 4 is 44.9 Å². The molecule has 0 aliphatic rings. The molecule has 0 bridgehead atoms. The van der Waals surface area contributed by atoms with Gasteiger partial charge in [-0.2, -0.15) is 0 Å². The van der Waals surface area contributed by atoms with E-state index in [-0.39, 0.29) is 11.0 Å². The summed E-state index contributed by atoms with van der Waals surface area (Å²) in [5.74, 6) is 1.04. The van der Waals surface area contributed by atoms with Crippen LogP contribution in [0.15, 0.2) is 40.9 Å². The standard InChI is InChI=1S/C22H27BrN2O2S/c1-5-16-8-6-7-15(4)20(16)24-22(28)25-21(26)17-9-10-19(18(23)13-17)27-12-11-14(2)3/h6-10,13-14H,5,11-12H2,1-4H3,(H2,24,25,26,28). The summed E-state index contributed by atoms with van der Waals surface area (Å²) in [7, 11) is 0. The van der Waals surface area contributed by atoms with E-state index in [1.807, 2.05) is 19.1 Å². The van der Waals surface area contributed by atoms with Crippen LogP contribution in [0.4, 0.5) is 5.69 Å². The van der Waals surface area contributed by atoms with Crippen LogP contribution in [0.5, 0.6) is 5.75 Å². The van der Waals surface area contributed by atoms with Gasteiger partial charge in [-0.3, -0.25) is 10.1 Å². The molecule has 150 valence electrons. The predicted octanol–water partition coefficient (Wildman–Crippen LogP) is 5.87. The van der Waals surface area contributed by atoms with Crippen molar-refractivity contribution in [1.82, 2.24) is 5.32 Å². The third kappa shape index (κ3) is 6.31. The predicted molar refractivity (Wildman–Crippen MR) is 123 cm³/mol. The quantitative estimate of drug-likeness (QED) is 0.504. The van der Waals surface area contributed by atoms with E-state index in [2.05, 4.69) is 53.4 Å². The molecule has 0 aliphatic carbocycles. The van der Waals surface area contributed by atoms with E-state index in [0.29, 0.717) is 18.1 Å². The van der Waals surface area contributed by atoms with Gasteiger partial charge in [0, 0.05) is 11.3 Å². The number of amides is 1. The Morgan fingerprint density at radius 2 is 2.00 bits per heavy atom.